The Hall–Kier alpha value is -1.50. The third kappa shape index (κ3) is 2.62. The molecule has 22 heavy (non-hydrogen) atoms. The molecule has 0 radical (unpaired) electrons. The number of phenolic OH excluding ortho intramolecular Hbond substituents is 2. The third-order valence-electron chi connectivity index (χ3n) is 3.20. The second-order valence-corrected chi connectivity index (χ2v) is 6.84. The molecule has 0 bridgehead atoms. The quantitative estimate of drug-likeness (QED) is 0.438. The molecule has 0 spiro atoms. The van der Waals surface area contributed by atoms with E-state index in [4.69, 9.17) is 11.6 Å². The molecule has 0 aromatic heterocycles. The van der Waals surface area contributed by atoms with Crippen molar-refractivity contribution in [1.82, 2.24) is 0 Å². The highest BCUT2D eigenvalue weighted by Gasteiger charge is 2.26. The van der Waals surface area contributed by atoms with Gasteiger partial charge in [0.05, 0.1) is 10.2 Å². The summed E-state index contributed by atoms with van der Waals surface area (Å²) in [6.45, 7) is 0. The van der Waals surface area contributed by atoms with Gasteiger partial charge < -0.3 is 15.5 Å². The van der Waals surface area contributed by atoms with Gasteiger partial charge >= 0.3 is 0 Å². The summed E-state index contributed by atoms with van der Waals surface area (Å²) in [5, 5.41) is 22.5. The van der Waals surface area contributed by atoms with Gasteiger partial charge in [0.25, 0.3) is 5.91 Å². The van der Waals surface area contributed by atoms with Gasteiger partial charge in [-0.25, -0.2) is 0 Å². The van der Waals surface area contributed by atoms with E-state index in [9.17, 15) is 15.0 Å². The van der Waals surface area contributed by atoms with Gasteiger partial charge in [0, 0.05) is 20.6 Å². The van der Waals surface area contributed by atoms with Crippen molar-refractivity contribution in [3.8, 4) is 11.5 Å². The number of benzene rings is 2. The molecule has 0 saturated heterocycles. The number of hydrogen-bond donors (Lipinski definition) is 3. The first-order valence-electron chi connectivity index (χ1n) is 6.11. The summed E-state index contributed by atoms with van der Waals surface area (Å²) in [4.78, 5) is 12.2. The van der Waals surface area contributed by atoms with Crippen LogP contribution in [0.3, 0.4) is 0 Å². The predicted molar refractivity (Wildman–Crippen MR) is 93.1 cm³/mol. The van der Waals surface area contributed by atoms with Gasteiger partial charge in [-0.1, -0.05) is 11.6 Å². The lowest BCUT2D eigenvalue weighted by atomic mass is 10.0. The number of carbonyl (C=O) groups excluding carboxylic acids is 1. The van der Waals surface area contributed by atoms with Crippen LogP contribution in [0.1, 0.15) is 11.1 Å². The lowest BCUT2D eigenvalue weighted by molar-refractivity contribution is -0.110. The first kappa shape index (κ1) is 15.4. The molecular formula is C15H8Br2ClNO3. The molecule has 0 aliphatic carbocycles. The summed E-state index contributed by atoms with van der Waals surface area (Å²) in [7, 11) is 0. The van der Waals surface area contributed by atoms with Crippen LogP contribution in [-0.2, 0) is 4.79 Å². The molecule has 0 atom stereocenters. The molecule has 3 rings (SSSR count). The van der Waals surface area contributed by atoms with Crippen molar-refractivity contribution >= 4 is 66.7 Å². The number of aromatic hydroxyl groups is 2. The maximum atomic E-state index is 12.2. The van der Waals surface area contributed by atoms with Crippen LogP contribution in [0.4, 0.5) is 5.69 Å². The lowest BCUT2D eigenvalue weighted by Crippen LogP contribution is -2.03. The van der Waals surface area contributed by atoms with E-state index in [0.717, 1.165) is 0 Å². The predicted octanol–water partition coefficient (Wildman–Crippen LogP) is 4.77. The number of nitrogens with one attached hydrogen (secondary N) is 1. The van der Waals surface area contributed by atoms with Crippen molar-refractivity contribution in [1.29, 1.82) is 0 Å². The van der Waals surface area contributed by atoms with Gasteiger partial charge in [-0.05, 0) is 67.8 Å². The topological polar surface area (TPSA) is 69.6 Å². The van der Waals surface area contributed by atoms with E-state index >= 15 is 0 Å². The minimum absolute atomic E-state index is 0.246. The molecule has 7 heteroatoms. The molecule has 0 saturated carbocycles. The molecule has 112 valence electrons. The van der Waals surface area contributed by atoms with Crippen LogP contribution >= 0.6 is 43.5 Å². The maximum Gasteiger partial charge on any atom is 0.256 e. The maximum absolute atomic E-state index is 12.2. The molecule has 2 aromatic rings. The molecule has 0 unspecified atom stereocenters. The Morgan fingerprint density at radius 1 is 1.09 bits per heavy atom. The monoisotopic (exact) mass is 443 g/mol. The second-order valence-electron chi connectivity index (χ2n) is 4.69. The number of rotatable bonds is 1. The van der Waals surface area contributed by atoms with E-state index in [1.807, 2.05) is 0 Å². The second kappa shape index (κ2) is 5.61. The van der Waals surface area contributed by atoms with Gasteiger partial charge in [-0.15, -0.1) is 0 Å². The van der Waals surface area contributed by atoms with Crippen LogP contribution in [0, 0.1) is 0 Å². The molecule has 4 nitrogen and oxygen atoms in total. The van der Waals surface area contributed by atoms with Crippen LogP contribution < -0.4 is 5.32 Å². The lowest BCUT2D eigenvalue weighted by Gasteiger charge is -2.04. The Morgan fingerprint density at radius 3 is 2.50 bits per heavy atom. The zero-order valence-corrected chi connectivity index (χ0v) is 14.8. The van der Waals surface area contributed by atoms with Crippen LogP contribution in [0.15, 0.2) is 33.2 Å². The Kier molecular flexibility index (Phi) is 3.92. The summed E-state index contributed by atoms with van der Waals surface area (Å²) in [6, 6.07) is 6.37. The molecule has 2 aromatic carbocycles. The molecule has 0 fully saturated rings. The van der Waals surface area contributed by atoms with Gasteiger partial charge in [0.2, 0.25) is 0 Å². The number of amides is 1. The Morgan fingerprint density at radius 2 is 1.82 bits per heavy atom. The molecule has 1 aliphatic rings. The van der Waals surface area contributed by atoms with Gasteiger partial charge in [0.15, 0.2) is 11.5 Å². The van der Waals surface area contributed by atoms with Crippen molar-refractivity contribution in [2.45, 2.75) is 0 Å². The van der Waals surface area contributed by atoms with Crippen LogP contribution in [-0.4, -0.2) is 16.1 Å². The van der Waals surface area contributed by atoms with Crippen LogP contribution in [0.2, 0.25) is 5.02 Å². The molecular weight excluding hydrogens is 437 g/mol. The minimum atomic E-state index is -0.271. The zero-order valence-electron chi connectivity index (χ0n) is 10.8. The van der Waals surface area contributed by atoms with Crippen molar-refractivity contribution < 1.29 is 15.0 Å². The summed E-state index contributed by atoms with van der Waals surface area (Å²) in [5.74, 6) is -0.780. The van der Waals surface area contributed by atoms with E-state index in [1.54, 1.807) is 24.3 Å². The third-order valence-corrected chi connectivity index (χ3v) is 4.65. The first-order valence-corrected chi connectivity index (χ1v) is 8.07. The Bertz CT molecular complexity index is 826. The number of halogens is 3. The SMILES string of the molecule is O=C1Nc2c(Br)cc(Cl)cc2/C1=C/c1cc(O)c(O)c(Br)c1. The van der Waals surface area contributed by atoms with E-state index < -0.39 is 0 Å². The largest absolute Gasteiger partial charge is 0.504 e. The van der Waals surface area contributed by atoms with Crippen molar-refractivity contribution in [2.24, 2.45) is 0 Å². The van der Waals surface area contributed by atoms with Gasteiger partial charge in [-0.2, -0.15) is 0 Å². The summed E-state index contributed by atoms with van der Waals surface area (Å²) in [6.07, 6.45) is 1.62. The molecule has 1 heterocycles. The molecule has 3 N–H and O–H groups in total. The number of carbonyl (C=O) groups is 1. The average Bonchev–Trinajstić information content (AvgIpc) is 2.74. The summed E-state index contributed by atoms with van der Waals surface area (Å²) in [5.41, 5.74) is 2.32. The highest BCUT2D eigenvalue weighted by atomic mass is 79.9. The Labute approximate surface area is 147 Å². The summed E-state index contributed by atoms with van der Waals surface area (Å²) < 4.78 is 1.03. The van der Waals surface area contributed by atoms with Crippen molar-refractivity contribution in [3.05, 3.63) is 49.4 Å². The van der Waals surface area contributed by atoms with Crippen molar-refractivity contribution in [2.75, 3.05) is 5.32 Å². The van der Waals surface area contributed by atoms with Gasteiger partial charge in [0.1, 0.15) is 0 Å². The van der Waals surface area contributed by atoms with E-state index in [-0.39, 0.29) is 17.4 Å². The van der Waals surface area contributed by atoms with Crippen LogP contribution in [0.25, 0.3) is 11.6 Å². The fourth-order valence-electron chi connectivity index (χ4n) is 2.21. The first-order chi connectivity index (χ1) is 10.4. The number of fused-ring (bicyclic) bond motifs is 1. The minimum Gasteiger partial charge on any atom is -0.504 e. The fraction of sp³-hybridized carbons (Fsp3) is 0. The smallest absolute Gasteiger partial charge is 0.256 e. The van der Waals surface area contributed by atoms with Crippen molar-refractivity contribution in [3.63, 3.8) is 0 Å². The highest BCUT2D eigenvalue weighted by Crippen LogP contribution is 2.41. The Balaban J connectivity index is 2.16. The number of phenols is 2. The zero-order chi connectivity index (χ0) is 16.0. The standard InChI is InChI=1S/C15H8Br2ClNO3/c16-10-5-7(18)4-8-9(15(22)19-13(8)10)1-6-2-11(17)14(21)12(20)3-6/h1-5,20-21H,(H,19,22)/b9-1-. The van der Waals surface area contributed by atoms with E-state index in [0.29, 0.717) is 36.4 Å². The number of anilines is 1. The van der Waals surface area contributed by atoms with Crippen LogP contribution in [0.5, 0.6) is 11.5 Å². The normalized spacial score (nSPS) is 15.0. The van der Waals surface area contributed by atoms with E-state index in [1.165, 1.54) is 6.07 Å². The van der Waals surface area contributed by atoms with Gasteiger partial charge in [-0.3, -0.25) is 4.79 Å². The van der Waals surface area contributed by atoms with E-state index in [2.05, 4.69) is 37.2 Å². The molecule has 1 aliphatic heterocycles. The average molecular weight is 445 g/mol. The summed E-state index contributed by atoms with van der Waals surface area (Å²) >= 11 is 12.6. The highest BCUT2D eigenvalue weighted by molar-refractivity contribution is 9.11. The fourth-order valence-corrected chi connectivity index (χ4v) is 3.59. The number of hydrogen-bond acceptors (Lipinski definition) is 3. The molecule has 1 amide bonds.